The molecule has 19 heteroatoms. The highest BCUT2D eigenvalue weighted by Crippen LogP contribution is 2.45. The third kappa shape index (κ3) is 66.7. The molecule has 0 rings (SSSR count). The summed E-state index contributed by atoms with van der Waals surface area (Å²) in [6.07, 6.45) is 54.4. The number of hydrogen-bond acceptors (Lipinski definition) is 15. The molecule has 3 N–H and O–H groups in total. The molecule has 0 aliphatic rings. The third-order valence-corrected chi connectivity index (χ3v) is 18.9. The van der Waals surface area contributed by atoms with E-state index in [1.807, 2.05) is 0 Å². The number of rotatable bonds is 73. The van der Waals surface area contributed by atoms with Crippen LogP contribution in [0.3, 0.4) is 0 Å². The molecule has 0 aromatic carbocycles. The van der Waals surface area contributed by atoms with E-state index in [4.69, 9.17) is 37.0 Å². The quantitative estimate of drug-likeness (QED) is 0.0222. The Bertz CT molecular complexity index is 1770. The minimum atomic E-state index is -4.95. The van der Waals surface area contributed by atoms with Crippen molar-refractivity contribution in [2.24, 2.45) is 5.92 Å². The first-order chi connectivity index (χ1) is 44.5. The van der Waals surface area contributed by atoms with Crippen molar-refractivity contribution in [1.29, 1.82) is 0 Å². The second-order valence-corrected chi connectivity index (χ2v) is 29.7. The molecular formula is C73H142O17P2. The first-order valence-electron chi connectivity index (χ1n) is 38.1. The lowest BCUT2D eigenvalue weighted by Gasteiger charge is -2.21. The Labute approximate surface area is 562 Å². The van der Waals surface area contributed by atoms with Crippen molar-refractivity contribution in [3.8, 4) is 0 Å². The summed E-state index contributed by atoms with van der Waals surface area (Å²) in [5, 5.41) is 10.6. The average molecular weight is 1350 g/mol. The van der Waals surface area contributed by atoms with Gasteiger partial charge in [0.2, 0.25) is 0 Å². The van der Waals surface area contributed by atoms with Crippen LogP contribution in [0.15, 0.2) is 0 Å². The molecule has 2 unspecified atom stereocenters. The lowest BCUT2D eigenvalue weighted by atomic mass is 10.0. The number of hydrogen-bond donors (Lipinski definition) is 3. The molecule has 546 valence electrons. The summed E-state index contributed by atoms with van der Waals surface area (Å²) in [6.45, 7) is 7.16. The van der Waals surface area contributed by atoms with E-state index < -0.39 is 97.5 Å². The fourth-order valence-electron chi connectivity index (χ4n) is 11.2. The van der Waals surface area contributed by atoms with Crippen molar-refractivity contribution in [1.82, 2.24) is 0 Å². The maximum atomic E-state index is 13.1. The van der Waals surface area contributed by atoms with Crippen LogP contribution in [-0.2, 0) is 65.4 Å². The minimum Gasteiger partial charge on any atom is -0.462 e. The Balaban J connectivity index is 5.19. The van der Waals surface area contributed by atoms with Gasteiger partial charge >= 0.3 is 39.5 Å². The minimum absolute atomic E-state index is 0.103. The summed E-state index contributed by atoms with van der Waals surface area (Å²) in [4.78, 5) is 72.6. The Morgan fingerprint density at radius 2 is 0.500 bits per heavy atom. The van der Waals surface area contributed by atoms with Crippen LogP contribution in [0.5, 0.6) is 0 Å². The van der Waals surface area contributed by atoms with Crippen LogP contribution < -0.4 is 0 Å². The maximum absolute atomic E-state index is 13.1. The monoisotopic (exact) mass is 1350 g/mol. The van der Waals surface area contributed by atoms with Crippen LogP contribution in [0.25, 0.3) is 0 Å². The van der Waals surface area contributed by atoms with Gasteiger partial charge in [-0.05, 0) is 31.6 Å². The molecule has 0 bridgehead atoms. The fourth-order valence-corrected chi connectivity index (χ4v) is 12.8. The van der Waals surface area contributed by atoms with E-state index >= 15 is 0 Å². The second kappa shape index (κ2) is 66.3. The van der Waals surface area contributed by atoms with Gasteiger partial charge in [0.25, 0.3) is 0 Å². The topological polar surface area (TPSA) is 237 Å². The summed E-state index contributed by atoms with van der Waals surface area (Å²) in [7, 11) is -9.90. The van der Waals surface area contributed by atoms with E-state index in [1.165, 1.54) is 205 Å². The predicted molar refractivity (Wildman–Crippen MR) is 372 cm³/mol. The molecule has 0 spiro atoms. The number of esters is 4. The molecule has 0 radical (unpaired) electrons. The molecule has 0 aliphatic heterocycles. The van der Waals surface area contributed by atoms with Crippen molar-refractivity contribution >= 4 is 39.5 Å². The summed E-state index contributed by atoms with van der Waals surface area (Å²) < 4.78 is 68.3. The van der Waals surface area contributed by atoms with Gasteiger partial charge in [-0.25, -0.2) is 9.13 Å². The lowest BCUT2D eigenvalue weighted by Crippen LogP contribution is -2.30. The zero-order chi connectivity index (χ0) is 67.7. The van der Waals surface area contributed by atoms with Gasteiger partial charge in [-0.1, -0.05) is 330 Å². The number of phosphoric acid groups is 2. The molecule has 17 nitrogen and oxygen atoms in total. The van der Waals surface area contributed by atoms with Gasteiger partial charge in [0, 0.05) is 25.7 Å². The molecule has 5 atom stereocenters. The van der Waals surface area contributed by atoms with Crippen LogP contribution in [-0.4, -0.2) is 96.7 Å². The van der Waals surface area contributed by atoms with Gasteiger partial charge in [-0.3, -0.25) is 37.3 Å². The normalized spacial score (nSPS) is 14.0. The second-order valence-electron chi connectivity index (χ2n) is 26.8. The van der Waals surface area contributed by atoms with Crippen LogP contribution in [0.2, 0.25) is 0 Å². The Hall–Kier alpha value is -1.94. The SMILES string of the molecule is CCCCCCCCCCCCCCCCCCCCC(=O)O[C@H](COC(=O)CCCCCCCCCCCCCCCCCC)COP(=O)(O)OC[C@@H](O)COP(=O)(O)OC[C@@H](COC(=O)CCCCCCCCCCC)OC(=O)CCCCCCCCC(C)C. The van der Waals surface area contributed by atoms with Gasteiger partial charge in [0.05, 0.1) is 26.4 Å². The van der Waals surface area contributed by atoms with E-state index in [1.54, 1.807) is 0 Å². The smallest absolute Gasteiger partial charge is 0.462 e. The van der Waals surface area contributed by atoms with Gasteiger partial charge in [0.15, 0.2) is 12.2 Å². The Morgan fingerprint density at radius 3 is 0.739 bits per heavy atom. The Kier molecular flexibility index (Phi) is 64.9. The average Bonchev–Trinajstić information content (AvgIpc) is 2.08. The van der Waals surface area contributed by atoms with Gasteiger partial charge in [-0.15, -0.1) is 0 Å². The summed E-state index contributed by atoms with van der Waals surface area (Å²) >= 11 is 0. The number of carbonyl (C=O) groups excluding carboxylic acids is 4. The van der Waals surface area contributed by atoms with Crippen molar-refractivity contribution in [3.05, 3.63) is 0 Å². The standard InChI is InChI=1S/C73H142O17P2/c1-6-9-12-15-18-21-23-25-27-29-30-32-34-36-39-42-48-53-58-72(77)89-68(62-84-71(76)57-52-47-41-38-35-33-31-28-26-24-22-19-16-13-10-7-2)64-87-91(79,80)85-60-67(74)61-86-92(81,82)88-65-69(90-73(78)59-54-49-44-43-45-50-55-66(4)5)63-83-70(75)56-51-46-40-37-20-17-14-11-8-3/h66-69,74H,6-65H2,1-5H3,(H,79,80)(H,81,82)/t67-,68-,69-/m1/s1. The van der Waals surface area contributed by atoms with E-state index in [0.717, 1.165) is 89.9 Å². The molecule has 0 saturated heterocycles. The first kappa shape index (κ1) is 90.1. The van der Waals surface area contributed by atoms with Crippen molar-refractivity contribution in [3.63, 3.8) is 0 Å². The molecule has 0 aromatic rings. The lowest BCUT2D eigenvalue weighted by molar-refractivity contribution is -0.161. The number of ether oxygens (including phenoxy) is 4. The summed E-state index contributed by atoms with van der Waals surface area (Å²) in [5.41, 5.74) is 0. The largest absolute Gasteiger partial charge is 0.472 e. The molecule has 92 heavy (non-hydrogen) atoms. The molecule has 0 heterocycles. The van der Waals surface area contributed by atoms with Crippen LogP contribution in [0.4, 0.5) is 0 Å². The van der Waals surface area contributed by atoms with Gasteiger partial charge < -0.3 is 33.8 Å². The molecular weight excluding hydrogens is 1210 g/mol. The number of unbranched alkanes of at least 4 members (excludes halogenated alkanes) is 45. The van der Waals surface area contributed by atoms with E-state index in [2.05, 4.69) is 34.6 Å². The van der Waals surface area contributed by atoms with E-state index in [-0.39, 0.29) is 25.7 Å². The predicted octanol–water partition coefficient (Wildman–Crippen LogP) is 21.3. The van der Waals surface area contributed by atoms with Crippen molar-refractivity contribution < 1.29 is 80.2 Å². The van der Waals surface area contributed by atoms with Crippen LogP contribution >= 0.6 is 15.6 Å². The van der Waals surface area contributed by atoms with Crippen LogP contribution in [0, 0.1) is 5.92 Å². The first-order valence-corrected chi connectivity index (χ1v) is 41.1. The Morgan fingerprint density at radius 1 is 0.293 bits per heavy atom. The highest BCUT2D eigenvalue weighted by Gasteiger charge is 2.30. The molecule has 0 fully saturated rings. The van der Waals surface area contributed by atoms with Crippen molar-refractivity contribution in [2.45, 2.75) is 400 Å². The summed E-state index contributed by atoms with van der Waals surface area (Å²) in [6, 6.07) is 0. The van der Waals surface area contributed by atoms with Crippen LogP contribution in [0.1, 0.15) is 381 Å². The highest BCUT2D eigenvalue weighted by atomic mass is 31.2. The third-order valence-electron chi connectivity index (χ3n) is 17.0. The molecule has 0 saturated carbocycles. The number of carbonyl (C=O) groups is 4. The van der Waals surface area contributed by atoms with Crippen molar-refractivity contribution in [2.75, 3.05) is 39.6 Å². The van der Waals surface area contributed by atoms with Gasteiger partial charge in [-0.2, -0.15) is 0 Å². The molecule has 0 amide bonds. The fraction of sp³-hybridized carbons (Fsp3) is 0.945. The maximum Gasteiger partial charge on any atom is 0.472 e. The number of phosphoric ester groups is 2. The molecule has 0 aromatic heterocycles. The zero-order valence-corrected chi connectivity index (χ0v) is 61.5. The zero-order valence-electron chi connectivity index (χ0n) is 59.7. The summed E-state index contributed by atoms with van der Waals surface area (Å²) in [5.74, 6) is -1.45. The number of aliphatic hydroxyl groups is 1. The highest BCUT2D eigenvalue weighted by molar-refractivity contribution is 7.47. The van der Waals surface area contributed by atoms with Gasteiger partial charge in [0.1, 0.15) is 19.3 Å². The van der Waals surface area contributed by atoms with E-state index in [9.17, 15) is 43.2 Å². The van der Waals surface area contributed by atoms with E-state index in [0.29, 0.717) is 31.6 Å². The number of aliphatic hydroxyl groups excluding tert-OH is 1. The molecule has 0 aliphatic carbocycles.